The molecule has 1 aromatic carbocycles. The molecule has 1 unspecified atom stereocenters. The molecular formula is C20H35IN4OS. The van der Waals surface area contributed by atoms with Crippen molar-refractivity contribution in [3.63, 3.8) is 0 Å². The fourth-order valence-corrected chi connectivity index (χ4v) is 3.61. The van der Waals surface area contributed by atoms with Gasteiger partial charge in [-0.15, -0.1) is 24.0 Å². The quantitative estimate of drug-likeness (QED) is 0.233. The molecule has 0 amide bonds. The topological polar surface area (TPSA) is 48.9 Å². The number of ether oxygens (including phenoxy) is 1. The number of morpholine rings is 1. The molecule has 0 radical (unpaired) electrons. The van der Waals surface area contributed by atoms with Crippen LogP contribution in [0.15, 0.2) is 29.3 Å². The van der Waals surface area contributed by atoms with Gasteiger partial charge >= 0.3 is 0 Å². The molecule has 2 N–H and O–H groups in total. The first-order chi connectivity index (χ1) is 12.7. The maximum absolute atomic E-state index is 5.63. The molecule has 0 spiro atoms. The Balaban J connectivity index is 0.00000364. The van der Waals surface area contributed by atoms with Crippen LogP contribution in [0.3, 0.4) is 0 Å². The summed E-state index contributed by atoms with van der Waals surface area (Å²) >= 11 is 1.90. The molecule has 154 valence electrons. The van der Waals surface area contributed by atoms with Crippen LogP contribution in [0.2, 0.25) is 0 Å². The summed E-state index contributed by atoms with van der Waals surface area (Å²) in [5.74, 6) is 2.10. The number of halogens is 1. The summed E-state index contributed by atoms with van der Waals surface area (Å²) < 4.78 is 5.63. The van der Waals surface area contributed by atoms with Gasteiger partial charge < -0.3 is 15.4 Å². The minimum absolute atomic E-state index is 0. The van der Waals surface area contributed by atoms with Gasteiger partial charge in [-0.2, -0.15) is 11.8 Å². The van der Waals surface area contributed by atoms with Crippen LogP contribution in [0, 0.1) is 0 Å². The number of hydrogen-bond acceptors (Lipinski definition) is 4. The predicted octanol–water partition coefficient (Wildman–Crippen LogP) is 3.33. The van der Waals surface area contributed by atoms with E-state index in [1.165, 1.54) is 29.7 Å². The molecule has 1 atom stereocenters. The van der Waals surface area contributed by atoms with Crippen LogP contribution in [-0.2, 0) is 17.8 Å². The Hall–Kier alpha value is -0.510. The highest BCUT2D eigenvalue weighted by molar-refractivity contribution is 14.0. The second kappa shape index (κ2) is 14.5. The Kier molecular flexibility index (Phi) is 13.2. The van der Waals surface area contributed by atoms with Gasteiger partial charge in [-0.3, -0.25) is 9.89 Å². The summed E-state index contributed by atoms with van der Waals surface area (Å²) in [6, 6.07) is 8.82. The van der Waals surface area contributed by atoms with E-state index < -0.39 is 0 Å². The van der Waals surface area contributed by atoms with Gasteiger partial charge in [-0.1, -0.05) is 24.3 Å². The normalized spacial score (nSPS) is 18.0. The molecule has 1 heterocycles. The number of aliphatic imine (C=N–C) groups is 1. The van der Waals surface area contributed by atoms with Gasteiger partial charge in [0, 0.05) is 39.8 Å². The van der Waals surface area contributed by atoms with Crippen molar-refractivity contribution in [3.8, 4) is 0 Å². The van der Waals surface area contributed by atoms with Crippen molar-refractivity contribution in [1.82, 2.24) is 15.5 Å². The zero-order valence-electron chi connectivity index (χ0n) is 16.9. The second-order valence-corrected chi connectivity index (χ2v) is 7.77. The number of thioether (sulfide) groups is 1. The monoisotopic (exact) mass is 506 g/mol. The molecule has 2 rings (SSSR count). The molecule has 5 nitrogen and oxygen atoms in total. The van der Waals surface area contributed by atoms with Crippen molar-refractivity contribution >= 4 is 41.7 Å². The molecule has 0 aromatic heterocycles. The smallest absolute Gasteiger partial charge is 0.191 e. The molecule has 1 fully saturated rings. The molecule has 7 heteroatoms. The Labute approximate surface area is 186 Å². The van der Waals surface area contributed by atoms with Gasteiger partial charge in [0.1, 0.15) is 0 Å². The van der Waals surface area contributed by atoms with E-state index in [0.717, 1.165) is 45.3 Å². The van der Waals surface area contributed by atoms with Gasteiger partial charge in [0.05, 0.1) is 12.7 Å². The van der Waals surface area contributed by atoms with Crippen LogP contribution in [0.4, 0.5) is 0 Å². The lowest BCUT2D eigenvalue weighted by Crippen LogP contribution is -2.40. The van der Waals surface area contributed by atoms with Crippen molar-refractivity contribution in [2.24, 2.45) is 4.99 Å². The number of nitrogens with zero attached hydrogens (tertiary/aromatic N) is 2. The van der Waals surface area contributed by atoms with Gasteiger partial charge in [-0.25, -0.2) is 0 Å². The highest BCUT2D eigenvalue weighted by Gasteiger charge is 2.16. The fourth-order valence-electron chi connectivity index (χ4n) is 3.11. The lowest BCUT2D eigenvalue weighted by Gasteiger charge is -2.31. The third-order valence-corrected chi connectivity index (χ3v) is 5.17. The summed E-state index contributed by atoms with van der Waals surface area (Å²) in [5.41, 5.74) is 2.65. The first-order valence-corrected chi connectivity index (χ1v) is 11.0. The minimum atomic E-state index is 0. The van der Waals surface area contributed by atoms with Gasteiger partial charge in [-0.05, 0) is 42.9 Å². The minimum Gasteiger partial charge on any atom is -0.376 e. The predicted molar refractivity (Wildman–Crippen MR) is 128 cm³/mol. The number of rotatable bonds is 9. The molecule has 1 aliphatic heterocycles. The van der Waals surface area contributed by atoms with Crippen LogP contribution in [0.1, 0.15) is 30.9 Å². The largest absolute Gasteiger partial charge is 0.376 e. The van der Waals surface area contributed by atoms with Crippen LogP contribution in [-0.4, -0.2) is 62.3 Å². The fraction of sp³-hybridized carbons (Fsp3) is 0.650. The van der Waals surface area contributed by atoms with E-state index >= 15 is 0 Å². The van der Waals surface area contributed by atoms with Crippen LogP contribution in [0.5, 0.6) is 0 Å². The summed E-state index contributed by atoms with van der Waals surface area (Å²) in [7, 11) is 1.83. The van der Waals surface area contributed by atoms with E-state index in [0.29, 0.717) is 6.10 Å². The zero-order chi connectivity index (χ0) is 18.6. The van der Waals surface area contributed by atoms with E-state index in [-0.39, 0.29) is 24.0 Å². The van der Waals surface area contributed by atoms with Crippen molar-refractivity contribution in [2.75, 3.05) is 45.3 Å². The Morgan fingerprint density at radius 3 is 2.85 bits per heavy atom. The van der Waals surface area contributed by atoms with E-state index in [4.69, 9.17) is 4.74 Å². The maximum Gasteiger partial charge on any atom is 0.191 e. The Morgan fingerprint density at radius 1 is 1.30 bits per heavy atom. The second-order valence-electron chi connectivity index (χ2n) is 6.79. The SMILES string of the molecule is CN=C(NCCCCSC)NCc1cccc(CN2CCOC(C)C2)c1.I. The molecule has 0 saturated carbocycles. The van der Waals surface area contributed by atoms with Crippen molar-refractivity contribution in [2.45, 2.75) is 39.0 Å². The Bertz CT molecular complexity index is 559. The van der Waals surface area contributed by atoms with Gasteiger partial charge in [0.25, 0.3) is 0 Å². The zero-order valence-corrected chi connectivity index (χ0v) is 20.0. The molecule has 1 saturated heterocycles. The lowest BCUT2D eigenvalue weighted by molar-refractivity contribution is -0.0212. The summed E-state index contributed by atoms with van der Waals surface area (Å²) in [6.07, 6.45) is 4.91. The van der Waals surface area contributed by atoms with E-state index in [1.54, 1.807) is 0 Å². The van der Waals surface area contributed by atoms with Crippen molar-refractivity contribution in [3.05, 3.63) is 35.4 Å². The Morgan fingerprint density at radius 2 is 2.11 bits per heavy atom. The summed E-state index contributed by atoms with van der Waals surface area (Å²) in [5, 5.41) is 6.81. The third-order valence-electron chi connectivity index (χ3n) is 4.47. The van der Waals surface area contributed by atoms with Crippen LogP contribution < -0.4 is 10.6 Å². The highest BCUT2D eigenvalue weighted by Crippen LogP contribution is 2.12. The first-order valence-electron chi connectivity index (χ1n) is 9.56. The summed E-state index contributed by atoms with van der Waals surface area (Å²) in [6.45, 7) is 7.75. The standard InChI is InChI=1S/C20H34N4OS.HI/c1-17-15-24(10-11-25-17)16-19-8-6-7-18(13-19)14-23-20(21-2)22-9-4-5-12-26-3;/h6-8,13,17H,4-5,9-12,14-16H2,1-3H3,(H2,21,22,23);1H. The molecule has 27 heavy (non-hydrogen) atoms. The van der Waals surface area contributed by atoms with Crippen molar-refractivity contribution in [1.29, 1.82) is 0 Å². The number of benzene rings is 1. The number of hydrogen-bond donors (Lipinski definition) is 2. The molecule has 1 aromatic rings. The average Bonchev–Trinajstić information content (AvgIpc) is 2.64. The number of unbranched alkanes of at least 4 members (excludes halogenated alkanes) is 1. The average molecular weight is 506 g/mol. The number of nitrogens with one attached hydrogen (secondary N) is 2. The van der Waals surface area contributed by atoms with E-state index in [1.807, 2.05) is 18.8 Å². The molecule has 0 bridgehead atoms. The van der Waals surface area contributed by atoms with E-state index in [9.17, 15) is 0 Å². The highest BCUT2D eigenvalue weighted by atomic mass is 127. The van der Waals surface area contributed by atoms with Crippen LogP contribution >= 0.6 is 35.7 Å². The molecule has 0 aliphatic carbocycles. The van der Waals surface area contributed by atoms with E-state index in [2.05, 4.69) is 58.0 Å². The molecular weight excluding hydrogens is 471 g/mol. The number of guanidine groups is 1. The first kappa shape index (κ1) is 24.5. The van der Waals surface area contributed by atoms with Gasteiger partial charge in [0.2, 0.25) is 0 Å². The van der Waals surface area contributed by atoms with Crippen molar-refractivity contribution < 1.29 is 4.74 Å². The van der Waals surface area contributed by atoms with Crippen LogP contribution in [0.25, 0.3) is 0 Å². The summed E-state index contributed by atoms with van der Waals surface area (Å²) in [4.78, 5) is 6.78. The maximum atomic E-state index is 5.63. The lowest BCUT2D eigenvalue weighted by atomic mass is 10.1. The van der Waals surface area contributed by atoms with Gasteiger partial charge in [0.15, 0.2) is 5.96 Å². The molecule has 1 aliphatic rings. The third kappa shape index (κ3) is 10.0.